The number of rotatable bonds is 5. The second-order valence-electron chi connectivity index (χ2n) is 7.00. The van der Waals surface area contributed by atoms with Crippen molar-refractivity contribution < 1.29 is 4.79 Å². The van der Waals surface area contributed by atoms with Crippen LogP contribution in [0.3, 0.4) is 0 Å². The molecule has 2 nitrogen and oxygen atoms in total. The fourth-order valence-electron chi connectivity index (χ4n) is 3.31. The van der Waals surface area contributed by atoms with E-state index in [0.717, 1.165) is 16.7 Å². The number of carbonyl (C=O) groups is 1. The summed E-state index contributed by atoms with van der Waals surface area (Å²) >= 11 is 6.32. The monoisotopic (exact) mass is 389 g/mol. The van der Waals surface area contributed by atoms with Crippen molar-refractivity contribution in [2.24, 2.45) is 0 Å². The smallest absolute Gasteiger partial charge is 0.252 e. The molecular weight excluding hydrogens is 366 g/mol. The molecule has 0 aliphatic rings. The maximum Gasteiger partial charge on any atom is 0.252 e. The minimum Gasteiger partial charge on any atom is -0.345 e. The van der Waals surface area contributed by atoms with E-state index in [1.54, 1.807) is 0 Å². The van der Waals surface area contributed by atoms with Gasteiger partial charge in [-0.2, -0.15) is 0 Å². The van der Waals surface area contributed by atoms with E-state index in [1.807, 2.05) is 67.6 Å². The highest BCUT2D eigenvalue weighted by atomic mass is 35.5. The molecule has 0 aromatic heterocycles. The van der Waals surface area contributed by atoms with Gasteiger partial charge in [0.15, 0.2) is 0 Å². The molecule has 3 aromatic rings. The molecule has 3 heteroatoms. The van der Waals surface area contributed by atoms with Crippen molar-refractivity contribution in [3.05, 3.63) is 106 Å². The van der Waals surface area contributed by atoms with E-state index in [-0.39, 0.29) is 11.9 Å². The van der Waals surface area contributed by atoms with Crippen molar-refractivity contribution in [1.82, 2.24) is 5.32 Å². The Morgan fingerprint density at radius 3 is 2.32 bits per heavy atom. The van der Waals surface area contributed by atoms with Gasteiger partial charge in [-0.3, -0.25) is 4.79 Å². The van der Waals surface area contributed by atoms with Crippen LogP contribution in [-0.2, 0) is 4.79 Å². The highest BCUT2D eigenvalue weighted by molar-refractivity contribution is 6.33. The van der Waals surface area contributed by atoms with Gasteiger partial charge in [0.05, 0.1) is 6.04 Å². The number of hydrogen-bond acceptors (Lipinski definition) is 1. The van der Waals surface area contributed by atoms with Crippen molar-refractivity contribution in [3.63, 3.8) is 0 Å². The minimum absolute atomic E-state index is 0.105. The second-order valence-corrected chi connectivity index (χ2v) is 7.41. The van der Waals surface area contributed by atoms with Crippen LogP contribution in [-0.4, -0.2) is 5.91 Å². The zero-order chi connectivity index (χ0) is 20.1. The van der Waals surface area contributed by atoms with E-state index < -0.39 is 0 Å². The molecule has 1 N–H and O–H groups in total. The van der Waals surface area contributed by atoms with E-state index in [2.05, 4.69) is 37.4 Å². The van der Waals surface area contributed by atoms with Crippen molar-refractivity contribution in [1.29, 1.82) is 0 Å². The van der Waals surface area contributed by atoms with Gasteiger partial charge >= 0.3 is 0 Å². The molecule has 3 rings (SSSR count). The van der Waals surface area contributed by atoms with Crippen molar-refractivity contribution in [3.8, 4) is 0 Å². The lowest BCUT2D eigenvalue weighted by atomic mass is 9.98. The SMILES string of the molecule is Cc1ccc([C@@H](C)NC(=O)/C(=C/c2ccccc2Cl)c2ccccc2)c(C)c1. The van der Waals surface area contributed by atoms with Gasteiger partial charge in [-0.15, -0.1) is 0 Å². The van der Waals surface area contributed by atoms with Crippen molar-refractivity contribution in [2.75, 3.05) is 0 Å². The van der Waals surface area contributed by atoms with Crippen LogP contribution in [0.25, 0.3) is 11.6 Å². The highest BCUT2D eigenvalue weighted by Crippen LogP contribution is 2.25. The Kier molecular flexibility index (Phi) is 6.33. The third-order valence-electron chi connectivity index (χ3n) is 4.77. The van der Waals surface area contributed by atoms with Crippen LogP contribution in [0.5, 0.6) is 0 Å². The van der Waals surface area contributed by atoms with E-state index in [4.69, 9.17) is 11.6 Å². The van der Waals surface area contributed by atoms with Crippen LogP contribution in [0.1, 0.15) is 40.8 Å². The highest BCUT2D eigenvalue weighted by Gasteiger charge is 2.17. The summed E-state index contributed by atoms with van der Waals surface area (Å²) < 4.78 is 0. The second kappa shape index (κ2) is 8.90. The average Bonchev–Trinajstić information content (AvgIpc) is 2.67. The number of carbonyl (C=O) groups excluding carboxylic acids is 1. The Hall–Kier alpha value is -2.84. The molecule has 0 unspecified atom stereocenters. The number of hydrogen-bond donors (Lipinski definition) is 1. The lowest BCUT2D eigenvalue weighted by Crippen LogP contribution is -2.28. The van der Waals surface area contributed by atoms with Gasteiger partial charge in [-0.1, -0.05) is 83.9 Å². The standard InChI is InChI=1S/C25H24ClNO/c1-17-13-14-22(18(2)15-17)19(3)27-25(28)23(20-9-5-4-6-10-20)16-21-11-7-8-12-24(21)26/h4-16,19H,1-3H3,(H,27,28)/b23-16+/t19-/m1/s1. The molecule has 0 radical (unpaired) electrons. The summed E-state index contributed by atoms with van der Waals surface area (Å²) in [7, 11) is 0. The molecule has 1 amide bonds. The summed E-state index contributed by atoms with van der Waals surface area (Å²) in [5, 5.41) is 3.76. The molecule has 0 spiro atoms. The van der Waals surface area contributed by atoms with Gasteiger partial charge in [-0.25, -0.2) is 0 Å². The van der Waals surface area contributed by atoms with Gasteiger partial charge in [-0.05, 0) is 55.2 Å². The predicted molar refractivity (Wildman–Crippen MR) is 118 cm³/mol. The molecular formula is C25H24ClNO. The summed E-state index contributed by atoms with van der Waals surface area (Å²) in [6.07, 6.45) is 1.85. The summed E-state index contributed by atoms with van der Waals surface area (Å²) in [6, 6.07) is 23.4. The third kappa shape index (κ3) is 4.71. The normalized spacial score (nSPS) is 12.5. The molecule has 0 aliphatic heterocycles. The van der Waals surface area contributed by atoms with Gasteiger partial charge in [0.1, 0.15) is 0 Å². The Balaban J connectivity index is 1.94. The number of aryl methyl sites for hydroxylation is 2. The van der Waals surface area contributed by atoms with Crippen LogP contribution < -0.4 is 5.32 Å². The summed E-state index contributed by atoms with van der Waals surface area (Å²) in [5.74, 6) is -0.126. The molecule has 0 heterocycles. The van der Waals surface area contributed by atoms with E-state index >= 15 is 0 Å². The van der Waals surface area contributed by atoms with Crippen LogP contribution >= 0.6 is 11.6 Å². The van der Waals surface area contributed by atoms with Gasteiger partial charge in [0.25, 0.3) is 5.91 Å². The number of amides is 1. The third-order valence-corrected chi connectivity index (χ3v) is 5.12. The van der Waals surface area contributed by atoms with Gasteiger partial charge < -0.3 is 5.32 Å². The lowest BCUT2D eigenvalue weighted by molar-refractivity contribution is -0.116. The van der Waals surface area contributed by atoms with Crippen molar-refractivity contribution >= 4 is 29.2 Å². The Bertz CT molecular complexity index is 1010. The van der Waals surface area contributed by atoms with Gasteiger partial charge in [0.2, 0.25) is 0 Å². The topological polar surface area (TPSA) is 29.1 Å². The largest absolute Gasteiger partial charge is 0.345 e. The number of halogens is 1. The van der Waals surface area contributed by atoms with Crippen molar-refractivity contribution in [2.45, 2.75) is 26.8 Å². The quantitative estimate of drug-likeness (QED) is 0.398. The molecule has 142 valence electrons. The molecule has 1 atom stereocenters. The van der Waals surface area contributed by atoms with E-state index in [9.17, 15) is 4.79 Å². The Labute approximate surface area is 171 Å². The Morgan fingerprint density at radius 2 is 1.64 bits per heavy atom. The number of benzene rings is 3. The number of nitrogens with one attached hydrogen (secondary N) is 1. The molecule has 0 saturated heterocycles. The summed E-state index contributed by atoms with van der Waals surface area (Å²) in [4.78, 5) is 13.2. The molecule has 0 bridgehead atoms. The predicted octanol–water partition coefficient (Wildman–Crippen LogP) is 6.37. The summed E-state index contributed by atoms with van der Waals surface area (Å²) in [5.41, 5.74) is 5.76. The first-order chi connectivity index (χ1) is 13.5. The molecule has 3 aromatic carbocycles. The molecule has 0 saturated carbocycles. The molecule has 0 aliphatic carbocycles. The van der Waals surface area contributed by atoms with Crippen LogP contribution in [0.15, 0.2) is 72.8 Å². The zero-order valence-corrected chi connectivity index (χ0v) is 17.1. The van der Waals surface area contributed by atoms with E-state index in [1.165, 1.54) is 11.1 Å². The first-order valence-electron chi connectivity index (χ1n) is 9.35. The van der Waals surface area contributed by atoms with Crippen LogP contribution in [0.4, 0.5) is 0 Å². The zero-order valence-electron chi connectivity index (χ0n) is 16.4. The fourth-order valence-corrected chi connectivity index (χ4v) is 3.50. The average molecular weight is 390 g/mol. The molecule has 0 fully saturated rings. The Morgan fingerprint density at radius 1 is 0.964 bits per heavy atom. The molecule has 28 heavy (non-hydrogen) atoms. The van der Waals surface area contributed by atoms with E-state index in [0.29, 0.717) is 10.6 Å². The lowest BCUT2D eigenvalue weighted by Gasteiger charge is -2.18. The maximum atomic E-state index is 13.2. The fraction of sp³-hybridized carbons (Fsp3) is 0.160. The first kappa shape index (κ1) is 19.9. The van der Waals surface area contributed by atoms with Crippen LogP contribution in [0, 0.1) is 13.8 Å². The minimum atomic E-state index is -0.126. The van der Waals surface area contributed by atoms with Crippen LogP contribution in [0.2, 0.25) is 5.02 Å². The first-order valence-corrected chi connectivity index (χ1v) is 9.73. The maximum absolute atomic E-state index is 13.2. The van der Waals surface area contributed by atoms with Gasteiger partial charge in [0, 0.05) is 10.6 Å². The summed E-state index contributed by atoms with van der Waals surface area (Å²) in [6.45, 7) is 6.15.